The van der Waals surface area contributed by atoms with E-state index in [1.54, 1.807) is 11.6 Å². The molecule has 0 aliphatic rings. The van der Waals surface area contributed by atoms with Crippen molar-refractivity contribution in [2.75, 3.05) is 19.5 Å². The van der Waals surface area contributed by atoms with Gasteiger partial charge >= 0.3 is 12.0 Å². The van der Waals surface area contributed by atoms with Gasteiger partial charge in [-0.25, -0.2) is 19.5 Å². The third kappa shape index (κ3) is 4.01. The Morgan fingerprint density at radius 1 is 1.08 bits per heavy atom. The predicted molar refractivity (Wildman–Crippen MR) is 79.0 cm³/mol. The number of anilines is 1. The Kier molecular flexibility index (Phi) is 5.03. The number of rotatable bonds is 5. The van der Waals surface area contributed by atoms with Crippen molar-refractivity contribution in [2.45, 2.75) is 11.9 Å². The second-order valence-electron chi connectivity index (χ2n) is 4.12. The normalized spacial score (nSPS) is 10.8. The topological polar surface area (TPSA) is 158 Å². The average molecular weight is 355 g/mol. The number of nitrogens with zero attached hydrogens (tertiary/aromatic N) is 5. The zero-order valence-electron chi connectivity index (χ0n) is 12.8. The van der Waals surface area contributed by atoms with Gasteiger partial charge in [0.05, 0.1) is 14.2 Å². The number of urea groups is 1. The number of nitrogens with one attached hydrogen (secondary N) is 2. The summed E-state index contributed by atoms with van der Waals surface area (Å²) in [6, 6.07) is -1.13. The highest BCUT2D eigenvalue weighted by molar-refractivity contribution is 7.90. The molecule has 0 atom stereocenters. The number of methoxy groups -OCH3 is 2. The number of sulfonamides is 1. The van der Waals surface area contributed by atoms with Crippen molar-refractivity contribution in [1.29, 1.82) is 0 Å². The molecule has 13 heteroatoms. The quantitative estimate of drug-likeness (QED) is 0.715. The van der Waals surface area contributed by atoms with Gasteiger partial charge in [-0.2, -0.15) is 23.4 Å². The first-order valence-electron chi connectivity index (χ1n) is 6.31. The monoisotopic (exact) mass is 355 g/mol. The number of amides is 2. The van der Waals surface area contributed by atoms with Gasteiger partial charge < -0.3 is 9.47 Å². The fourth-order valence-corrected chi connectivity index (χ4v) is 2.50. The highest BCUT2D eigenvalue weighted by atomic mass is 32.2. The molecule has 2 aromatic heterocycles. The van der Waals surface area contributed by atoms with Gasteiger partial charge in [0.25, 0.3) is 15.9 Å². The first-order valence-corrected chi connectivity index (χ1v) is 7.79. The van der Waals surface area contributed by atoms with Crippen LogP contribution >= 0.6 is 0 Å². The molecule has 2 amide bonds. The Morgan fingerprint density at radius 2 is 1.79 bits per heavy atom. The van der Waals surface area contributed by atoms with Crippen molar-refractivity contribution in [3.05, 3.63) is 18.2 Å². The number of aromatic nitrogens is 5. The van der Waals surface area contributed by atoms with Crippen LogP contribution in [0.5, 0.6) is 11.9 Å². The fourth-order valence-electron chi connectivity index (χ4n) is 1.54. The summed E-state index contributed by atoms with van der Waals surface area (Å²) in [5, 5.41) is 1.63. The number of carbonyl (C=O) groups excluding carboxylic acids is 1. The Hall–Kier alpha value is -3.09. The second kappa shape index (κ2) is 6.99. The summed E-state index contributed by atoms with van der Waals surface area (Å²) in [7, 11) is -1.75. The zero-order valence-corrected chi connectivity index (χ0v) is 13.7. The van der Waals surface area contributed by atoms with Crippen LogP contribution in [0, 0.1) is 6.92 Å². The molecule has 2 aromatic rings. The standard InChI is InChI=1S/C11H13N7O5S/c1-6-14-9(17-11(15-6)23-3)16-10(19)18-24(20,21)8-7(22-2)12-4-5-13-8/h4-5H,1-3H3,(H2,14,15,16,17,18,19). The van der Waals surface area contributed by atoms with Crippen LogP contribution in [0.3, 0.4) is 0 Å². The average Bonchev–Trinajstić information content (AvgIpc) is 2.53. The van der Waals surface area contributed by atoms with Gasteiger partial charge in [0, 0.05) is 12.4 Å². The lowest BCUT2D eigenvalue weighted by atomic mass is 10.7. The van der Waals surface area contributed by atoms with Crippen molar-refractivity contribution < 1.29 is 22.7 Å². The molecular weight excluding hydrogens is 342 g/mol. The van der Waals surface area contributed by atoms with Crippen molar-refractivity contribution in [3.8, 4) is 11.9 Å². The highest BCUT2D eigenvalue weighted by Gasteiger charge is 2.25. The molecule has 128 valence electrons. The van der Waals surface area contributed by atoms with Gasteiger partial charge in [0.1, 0.15) is 5.82 Å². The van der Waals surface area contributed by atoms with E-state index in [-0.39, 0.29) is 23.7 Å². The Balaban J connectivity index is 2.18. The van der Waals surface area contributed by atoms with Crippen LogP contribution in [0.2, 0.25) is 0 Å². The maximum absolute atomic E-state index is 12.2. The SMILES string of the molecule is COc1nc(C)nc(NC(=O)NS(=O)(=O)c2nccnc2OC)n1. The van der Waals surface area contributed by atoms with Crippen LogP contribution in [0.1, 0.15) is 5.82 Å². The molecule has 0 saturated heterocycles. The van der Waals surface area contributed by atoms with E-state index in [4.69, 9.17) is 9.47 Å². The molecule has 24 heavy (non-hydrogen) atoms. The summed E-state index contributed by atoms with van der Waals surface area (Å²) in [5.41, 5.74) is 0. The Labute approximate surface area is 136 Å². The molecule has 0 saturated carbocycles. The van der Waals surface area contributed by atoms with Gasteiger partial charge in [-0.1, -0.05) is 0 Å². The number of hydrogen-bond donors (Lipinski definition) is 2. The molecule has 0 radical (unpaired) electrons. The number of hydrogen-bond acceptors (Lipinski definition) is 10. The first-order chi connectivity index (χ1) is 11.4. The minimum Gasteiger partial charge on any atom is -0.479 e. The molecule has 0 spiro atoms. The van der Waals surface area contributed by atoms with E-state index >= 15 is 0 Å². The van der Waals surface area contributed by atoms with E-state index in [0.29, 0.717) is 0 Å². The predicted octanol–water partition coefficient (Wildman–Crippen LogP) is -0.502. The molecule has 0 aliphatic carbocycles. The summed E-state index contributed by atoms with van der Waals surface area (Å²) < 4.78 is 35.7. The number of carbonyl (C=O) groups is 1. The van der Waals surface area contributed by atoms with Gasteiger partial charge in [-0.05, 0) is 6.92 Å². The van der Waals surface area contributed by atoms with Crippen LogP contribution in [0.25, 0.3) is 0 Å². The van der Waals surface area contributed by atoms with E-state index in [0.717, 1.165) is 6.20 Å². The fraction of sp³-hybridized carbons (Fsp3) is 0.273. The van der Waals surface area contributed by atoms with Crippen LogP contribution < -0.4 is 19.5 Å². The van der Waals surface area contributed by atoms with E-state index in [1.165, 1.54) is 20.4 Å². The second-order valence-corrected chi connectivity index (χ2v) is 5.72. The lowest BCUT2D eigenvalue weighted by molar-refractivity contribution is 0.256. The molecule has 2 heterocycles. The molecule has 0 aromatic carbocycles. The molecule has 0 fully saturated rings. The van der Waals surface area contributed by atoms with E-state index in [2.05, 4.69) is 30.2 Å². The number of ether oxygens (including phenoxy) is 2. The summed E-state index contributed by atoms with van der Waals surface area (Å²) in [6.45, 7) is 1.55. The molecule has 0 bridgehead atoms. The van der Waals surface area contributed by atoms with Gasteiger partial charge in [-0.15, -0.1) is 0 Å². The molecule has 2 N–H and O–H groups in total. The smallest absolute Gasteiger partial charge is 0.335 e. The van der Waals surface area contributed by atoms with Crippen molar-refractivity contribution in [1.82, 2.24) is 29.6 Å². The molecule has 2 rings (SSSR count). The summed E-state index contributed by atoms with van der Waals surface area (Å²) in [4.78, 5) is 30.7. The van der Waals surface area contributed by atoms with Crippen molar-refractivity contribution >= 4 is 22.0 Å². The van der Waals surface area contributed by atoms with Crippen molar-refractivity contribution in [2.24, 2.45) is 0 Å². The molecule has 0 aliphatic heterocycles. The lowest BCUT2D eigenvalue weighted by Crippen LogP contribution is -2.35. The summed E-state index contributed by atoms with van der Waals surface area (Å²) >= 11 is 0. The Morgan fingerprint density at radius 3 is 2.46 bits per heavy atom. The van der Waals surface area contributed by atoms with E-state index < -0.39 is 21.1 Å². The maximum atomic E-state index is 12.2. The van der Waals surface area contributed by atoms with Gasteiger partial charge in [-0.3, -0.25) is 5.32 Å². The first kappa shape index (κ1) is 17.3. The number of aryl methyl sites for hydroxylation is 1. The van der Waals surface area contributed by atoms with Gasteiger partial charge in [0.15, 0.2) is 0 Å². The van der Waals surface area contributed by atoms with Crippen LogP contribution in [0.15, 0.2) is 17.4 Å². The minimum atomic E-state index is -4.31. The van der Waals surface area contributed by atoms with Crippen molar-refractivity contribution in [3.63, 3.8) is 0 Å². The van der Waals surface area contributed by atoms with Crippen LogP contribution in [-0.2, 0) is 10.0 Å². The third-order valence-corrected chi connectivity index (χ3v) is 3.69. The van der Waals surface area contributed by atoms with Gasteiger partial charge in [0.2, 0.25) is 11.0 Å². The van der Waals surface area contributed by atoms with E-state index in [1.807, 2.05) is 0 Å². The largest absolute Gasteiger partial charge is 0.479 e. The highest BCUT2D eigenvalue weighted by Crippen LogP contribution is 2.16. The molecular formula is C11H13N7O5S. The summed E-state index contributed by atoms with van der Waals surface area (Å²) in [5.74, 6) is -0.163. The minimum absolute atomic E-state index is 0.0312. The third-order valence-electron chi connectivity index (χ3n) is 2.44. The maximum Gasteiger partial charge on any atom is 0.335 e. The molecule has 12 nitrogen and oxygen atoms in total. The zero-order chi connectivity index (χ0) is 17.7. The van der Waals surface area contributed by atoms with Crippen LogP contribution in [0.4, 0.5) is 10.7 Å². The Bertz CT molecular complexity index is 858. The summed E-state index contributed by atoms with van der Waals surface area (Å²) in [6.07, 6.45) is 2.40. The van der Waals surface area contributed by atoms with Crippen LogP contribution in [-0.4, -0.2) is 53.6 Å². The lowest BCUT2D eigenvalue weighted by Gasteiger charge is -2.09. The molecule has 0 unspecified atom stereocenters. The van der Waals surface area contributed by atoms with E-state index in [9.17, 15) is 13.2 Å².